The lowest BCUT2D eigenvalue weighted by Gasteiger charge is -2.32. The fourth-order valence-electron chi connectivity index (χ4n) is 4.10. The molecule has 2 unspecified atom stereocenters. The van der Waals surface area contributed by atoms with E-state index in [0.29, 0.717) is 11.5 Å². The summed E-state index contributed by atoms with van der Waals surface area (Å²) >= 11 is 0. The van der Waals surface area contributed by atoms with E-state index in [0.717, 1.165) is 11.1 Å². The highest BCUT2D eigenvalue weighted by Crippen LogP contribution is 2.41. The highest BCUT2D eigenvalue weighted by atomic mass is 19.1. The summed E-state index contributed by atoms with van der Waals surface area (Å²) in [7, 11) is 0. The molecule has 0 saturated carbocycles. The topological polar surface area (TPSA) is 105 Å². The first kappa shape index (κ1) is 19.0. The molecule has 3 N–H and O–H groups in total. The van der Waals surface area contributed by atoms with Crippen LogP contribution < -0.4 is 11.1 Å². The van der Waals surface area contributed by atoms with E-state index in [2.05, 4.69) is 10.3 Å². The molecule has 2 aliphatic heterocycles. The minimum Gasteiger partial charge on any atom is -0.383 e. The van der Waals surface area contributed by atoms with Gasteiger partial charge in [0.1, 0.15) is 17.7 Å². The molecule has 2 atom stereocenters. The van der Waals surface area contributed by atoms with Crippen molar-refractivity contribution in [2.45, 2.75) is 45.7 Å². The highest BCUT2D eigenvalue weighted by molar-refractivity contribution is 6.06. The van der Waals surface area contributed by atoms with Crippen LogP contribution in [-0.4, -0.2) is 33.6 Å². The van der Waals surface area contributed by atoms with Gasteiger partial charge in [0.05, 0.1) is 11.7 Å². The number of nitrogens with zero attached hydrogens (tertiary/aromatic N) is 2. The maximum absolute atomic E-state index is 15.5. The molecular weight excluding hydrogens is 375 g/mol. The Kier molecular flexibility index (Phi) is 4.37. The molecule has 1 aromatic carbocycles. The van der Waals surface area contributed by atoms with Crippen LogP contribution in [0.5, 0.6) is 0 Å². The number of aromatic nitrogens is 1. The third-order valence-electron chi connectivity index (χ3n) is 5.87. The molecule has 1 saturated heterocycles. The first-order chi connectivity index (χ1) is 13.7. The number of pyridine rings is 1. The molecular formula is C21H21FN4O3. The third-order valence-corrected chi connectivity index (χ3v) is 5.87. The average Bonchev–Trinajstić information content (AvgIpc) is 2.91. The number of imide groups is 1. The van der Waals surface area contributed by atoms with Gasteiger partial charge >= 0.3 is 0 Å². The van der Waals surface area contributed by atoms with Gasteiger partial charge in [-0.1, -0.05) is 0 Å². The van der Waals surface area contributed by atoms with Crippen LogP contribution in [-0.2, 0) is 9.59 Å². The second-order valence-corrected chi connectivity index (χ2v) is 7.58. The molecule has 0 bridgehead atoms. The molecule has 1 aromatic heterocycles. The standard InChI is InChI=1S/C21H21FN4O3/c1-9-8-14(24-19(23)10(9)2)12-4-5-13-17(18(12)22)11(3)26(21(13)29)15-6-7-16(27)25-20(15)28/h4-5,8,11,15H,6-7H2,1-3H3,(H2,23,24)(H,25,27,28). The molecule has 29 heavy (non-hydrogen) atoms. The number of carbonyl (C=O) groups is 3. The molecule has 4 rings (SSSR count). The van der Waals surface area contributed by atoms with Crippen molar-refractivity contribution in [1.82, 2.24) is 15.2 Å². The minimum atomic E-state index is -0.805. The molecule has 1 fully saturated rings. The Morgan fingerprint density at radius 3 is 2.55 bits per heavy atom. The number of carbonyl (C=O) groups excluding carboxylic acids is 3. The van der Waals surface area contributed by atoms with Crippen LogP contribution in [0.25, 0.3) is 11.3 Å². The van der Waals surface area contributed by atoms with E-state index in [1.165, 1.54) is 11.0 Å². The lowest BCUT2D eigenvalue weighted by atomic mass is 9.97. The van der Waals surface area contributed by atoms with Gasteiger partial charge in [-0.25, -0.2) is 9.37 Å². The predicted octanol–water partition coefficient (Wildman–Crippen LogP) is 2.41. The Morgan fingerprint density at radius 1 is 1.21 bits per heavy atom. The summed E-state index contributed by atoms with van der Waals surface area (Å²) in [5.41, 5.74) is 8.78. The van der Waals surface area contributed by atoms with Gasteiger partial charge in [-0.2, -0.15) is 0 Å². The van der Waals surface area contributed by atoms with Crippen molar-refractivity contribution in [2.24, 2.45) is 0 Å². The number of nitrogens with one attached hydrogen (secondary N) is 1. The van der Waals surface area contributed by atoms with Crippen molar-refractivity contribution in [3.05, 3.63) is 46.3 Å². The van der Waals surface area contributed by atoms with E-state index in [1.54, 1.807) is 19.1 Å². The number of amides is 3. The zero-order valence-electron chi connectivity index (χ0n) is 16.4. The summed E-state index contributed by atoms with van der Waals surface area (Å²) in [5.74, 6) is -1.53. The Morgan fingerprint density at radius 2 is 1.90 bits per heavy atom. The first-order valence-corrected chi connectivity index (χ1v) is 9.43. The maximum Gasteiger partial charge on any atom is 0.255 e. The molecule has 150 valence electrons. The second kappa shape index (κ2) is 6.65. The van der Waals surface area contributed by atoms with Crippen molar-refractivity contribution in [3.8, 4) is 11.3 Å². The van der Waals surface area contributed by atoms with Gasteiger partial charge in [0, 0.05) is 23.1 Å². The number of anilines is 1. The van der Waals surface area contributed by atoms with Gasteiger partial charge in [-0.15, -0.1) is 0 Å². The Labute approximate surface area is 167 Å². The van der Waals surface area contributed by atoms with E-state index in [-0.39, 0.29) is 35.4 Å². The van der Waals surface area contributed by atoms with Crippen LogP contribution in [0.4, 0.5) is 10.2 Å². The third kappa shape index (κ3) is 2.86. The van der Waals surface area contributed by atoms with Crippen LogP contribution in [0, 0.1) is 19.7 Å². The maximum atomic E-state index is 15.5. The van der Waals surface area contributed by atoms with Gasteiger partial charge in [0.2, 0.25) is 11.8 Å². The van der Waals surface area contributed by atoms with E-state index in [1.807, 2.05) is 13.8 Å². The quantitative estimate of drug-likeness (QED) is 0.759. The van der Waals surface area contributed by atoms with Gasteiger partial charge < -0.3 is 10.6 Å². The van der Waals surface area contributed by atoms with Crippen molar-refractivity contribution >= 4 is 23.5 Å². The van der Waals surface area contributed by atoms with Gasteiger partial charge in [-0.05, 0) is 56.5 Å². The van der Waals surface area contributed by atoms with Crippen molar-refractivity contribution in [1.29, 1.82) is 0 Å². The summed E-state index contributed by atoms with van der Waals surface area (Å²) in [5, 5.41) is 2.25. The van der Waals surface area contributed by atoms with Gasteiger partial charge in [0.15, 0.2) is 0 Å². The molecule has 0 radical (unpaired) electrons. The predicted molar refractivity (Wildman–Crippen MR) is 104 cm³/mol. The molecule has 3 heterocycles. The number of halogens is 1. The zero-order chi connectivity index (χ0) is 21.0. The van der Waals surface area contributed by atoms with Crippen LogP contribution in [0.2, 0.25) is 0 Å². The van der Waals surface area contributed by atoms with E-state index >= 15 is 4.39 Å². The minimum absolute atomic E-state index is 0.142. The normalized spacial score (nSPS) is 21.4. The van der Waals surface area contributed by atoms with Crippen molar-refractivity contribution in [2.75, 3.05) is 5.73 Å². The highest BCUT2D eigenvalue weighted by Gasteiger charge is 2.44. The number of hydrogen-bond donors (Lipinski definition) is 2. The smallest absolute Gasteiger partial charge is 0.255 e. The van der Waals surface area contributed by atoms with Crippen LogP contribution in [0.1, 0.15) is 52.9 Å². The van der Waals surface area contributed by atoms with Crippen molar-refractivity contribution in [3.63, 3.8) is 0 Å². The number of rotatable bonds is 2. The molecule has 0 spiro atoms. The number of hydrogen-bond acceptors (Lipinski definition) is 5. The number of nitrogen functional groups attached to an aromatic ring is 1. The summed E-state index contributed by atoms with van der Waals surface area (Å²) in [6, 6.07) is 3.39. The second-order valence-electron chi connectivity index (χ2n) is 7.58. The number of piperidine rings is 1. The first-order valence-electron chi connectivity index (χ1n) is 9.43. The Bertz CT molecular complexity index is 1060. The molecule has 8 heteroatoms. The molecule has 2 aromatic rings. The fourth-order valence-corrected chi connectivity index (χ4v) is 4.10. The Balaban J connectivity index is 1.77. The van der Waals surface area contributed by atoms with Crippen LogP contribution in [0.15, 0.2) is 18.2 Å². The van der Waals surface area contributed by atoms with E-state index < -0.39 is 29.7 Å². The largest absolute Gasteiger partial charge is 0.383 e. The lowest BCUT2D eigenvalue weighted by Crippen LogP contribution is -2.53. The van der Waals surface area contributed by atoms with Crippen LogP contribution in [0.3, 0.4) is 0 Å². The summed E-state index contributed by atoms with van der Waals surface area (Å²) in [6.07, 6.45) is 0.362. The number of aryl methyl sites for hydroxylation is 1. The molecule has 3 amide bonds. The summed E-state index contributed by atoms with van der Waals surface area (Å²) in [4.78, 5) is 42.3. The Hall–Kier alpha value is -3.29. The molecule has 0 aliphatic carbocycles. The fraction of sp³-hybridized carbons (Fsp3) is 0.333. The molecule has 7 nitrogen and oxygen atoms in total. The number of fused-ring (bicyclic) bond motifs is 1. The van der Waals surface area contributed by atoms with E-state index in [4.69, 9.17) is 5.73 Å². The lowest BCUT2D eigenvalue weighted by molar-refractivity contribution is -0.137. The summed E-state index contributed by atoms with van der Waals surface area (Å²) < 4.78 is 15.5. The van der Waals surface area contributed by atoms with Gasteiger partial charge in [-0.3, -0.25) is 19.7 Å². The average molecular weight is 396 g/mol. The van der Waals surface area contributed by atoms with Gasteiger partial charge in [0.25, 0.3) is 5.91 Å². The number of benzene rings is 1. The monoisotopic (exact) mass is 396 g/mol. The van der Waals surface area contributed by atoms with Crippen LogP contribution >= 0.6 is 0 Å². The number of nitrogens with two attached hydrogens (primary N) is 1. The SMILES string of the molecule is Cc1cc(-c2ccc3c(c2F)C(C)N(C2CCC(=O)NC2=O)C3=O)nc(N)c1C. The summed E-state index contributed by atoms with van der Waals surface area (Å²) in [6.45, 7) is 5.40. The van der Waals surface area contributed by atoms with Crippen molar-refractivity contribution < 1.29 is 18.8 Å². The molecule has 2 aliphatic rings. The van der Waals surface area contributed by atoms with E-state index in [9.17, 15) is 14.4 Å². The zero-order valence-corrected chi connectivity index (χ0v) is 16.4.